The minimum Gasteiger partial charge on any atom is -0.493 e. The maximum Gasteiger partial charge on any atom is 0.348 e. The zero-order valence-electron chi connectivity index (χ0n) is 15.7. The third-order valence-corrected chi connectivity index (χ3v) is 6.36. The predicted molar refractivity (Wildman–Crippen MR) is 108 cm³/mol. The number of ether oxygens (including phenoxy) is 3. The Morgan fingerprint density at radius 2 is 2.04 bits per heavy atom. The SMILES string of the molecule is CCc1sc(C(=O)OCc2csc(-c3cccc(OC)c3OC)n2)cc1C. The molecule has 0 fully saturated rings. The van der Waals surface area contributed by atoms with Gasteiger partial charge in [0.2, 0.25) is 0 Å². The first-order valence-electron chi connectivity index (χ1n) is 8.49. The van der Waals surface area contributed by atoms with Gasteiger partial charge in [-0.15, -0.1) is 22.7 Å². The topological polar surface area (TPSA) is 57.7 Å². The smallest absolute Gasteiger partial charge is 0.348 e. The van der Waals surface area contributed by atoms with E-state index in [1.807, 2.05) is 36.6 Å². The summed E-state index contributed by atoms with van der Waals surface area (Å²) in [5.74, 6) is 0.980. The average molecular weight is 404 g/mol. The molecule has 5 nitrogen and oxygen atoms in total. The number of aromatic nitrogens is 1. The quantitative estimate of drug-likeness (QED) is 0.513. The molecule has 3 aromatic rings. The highest BCUT2D eigenvalue weighted by molar-refractivity contribution is 7.14. The monoisotopic (exact) mass is 403 g/mol. The van der Waals surface area contributed by atoms with Gasteiger partial charge in [0, 0.05) is 10.3 Å². The summed E-state index contributed by atoms with van der Waals surface area (Å²) in [6, 6.07) is 7.55. The number of hydrogen-bond acceptors (Lipinski definition) is 7. The summed E-state index contributed by atoms with van der Waals surface area (Å²) in [6.45, 7) is 4.23. The molecule has 0 N–H and O–H groups in total. The maximum absolute atomic E-state index is 12.3. The Bertz CT molecular complexity index is 945. The summed E-state index contributed by atoms with van der Waals surface area (Å²) in [5.41, 5.74) is 2.69. The van der Waals surface area contributed by atoms with Crippen molar-refractivity contribution in [3.63, 3.8) is 0 Å². The van der Waals surface area contributed by atoms with Crippen molar-refractivity contribution in [2.75, 3.05) is 14.2 Å². The highest BCUT2D eigenvalue weighted by Gasteiger charge is 2.16. The molecule has 7 heteroatoms. The second-order valence-electron chi connectivity index (χ2n) is 5.83. The van der Waals surface area contributed by atoms with E-state index in [2.05, 4.69) is 11.9 Å². The van der Waals surface area contributed by atoms with Crippen molar-refractivity contribution in [2.24, 2.45) is 0 Å². The molecule has 27 heavy (non-hydrogen) atoms. The molecule has 0 atom stereocenters. The lowest BCUT2D eigenvalue weighted by molar-refractivity contribution is 0.0474. The summed E-state index contributed by atoms with van der Waals surface area (Å²) in [7, 11) is 3.20. The van der Waals surface area contributed by atoms with E-state index in [4.69, 9.17) is 14.2 Å². The molecule has 0 saturated heterocycles. The largest absolute Gasteiger partial charge is 0.493 e. The van der Waals surface area contributed by atoms with E-state index in [0.717, 1.165) is 22.6 Å². The van der Waals surface area contributed by atoms with Crippen molar-refractivity contribution >= 4 is 28.6 Å². The van der Waals surface area contributed by atoms with E-state index in [1.165, 1.54) is 27.6 Å². The van der Waals surface area contributed by atoms with Gasteiger partial charge < -0.3 is 14.2 Å². The predicted octanol–water partition coefficient (Wildman–Crippen LogP) is 5.12. The third-order valence-electron chi connectivity index (χ3n) is 4.08. The summed E-state index contributed by atoms with van der Waals surface area (Å²) >= 11 is 2.96. The molecule has 0 unspecified atom stereocenters. The molecule has 0 aliphatic heterocycles. The van der Waals surface area contributed by atoms with Crippen LogP contribution >= 0.6 is 22.7 Å². The van der Waals surface area contributed by atoms with Gasteiger partial charge in [-0.05, 0) is 37.1 Å². The molecule has 142 valence electrons. The number of hydrogen-bond donors (Lipinski definition) is 0. The van der Waals surface area contributed by atoms with Gasteiger partial charge in [-0.3, -0.25) is 0 Å². The zero-order valence-corrected chi connectivity index (χ0v) is 17.3. The number of esters is 1. The number of rotatable bonds is 7. The van der Waals surface area contributed by atoms with E-state index in [0.29, 0.717) is 22.1 Å². The van der Waals surface area contributed by atoms with Crippen LogP contribution < -0.4 is 9.47 Å². The van der Waals surface area contributed by atoms with Gasteiger partial charge in [0.1, 0.15) is 16.5 Å². The van der Waals surface area contributed by atoms with Crippen LogP contribution in [0.5, 0.6) is 11.5 Å². The van der Waals surface area contributed by atoms with Crippen LogP contribution in [0, 0.1) is 6.92 Å². The fraction of sp³-hybridized carbons (Fsp3) is 0.300. The molecule has 0 aliphatic carbocycles. The van der Waals surface area contributed by atoms with Crippen LogP contribution in [0.1, 0.15) is 32.7 Å². The minimum absolute atomic E-state index is 0.139. The fourth-order valence-electron chi connectivity index (χ4n) is 2.73. The molecular formula is C20H21NO4S2. The number of thiophene rings is 1. The molecule has 1 aromatic carbocycles. The van der Waals surface area contributed by atoms with Gasteiger partial charge in [0.15, 0.2) is 11.5 Å². The normalized spacial score (nSPS) is 10.7. The summed E-state index contributed by atoms with van der Waals surface area (Å²) in [5, 5.41) is 2.68. The summed E-state index contributed by atoms with van der Waals surface area (Å²) < 4.78 is 16.2. The zero-order chi connectivity index (χ0) is 19.4. The van der Waals surface area contributed by atoms with Crippen molar-refractivity contribution in [3.05, 3.63) is 50.7 Å². The number of benzene rings is 1. The van der Waals surface area contributed by atoms with Crippen LogP contribution in [0.25, 0.3) is 10.6 Å². The number of carbonyl (C=O) groups excluding carboxylic acids is 1. The molecule has 2 heterocycles. The lowest BCUT2D eigenvalue weighted by Crippen LogP contribution is -2.03. The van der Waals surface area contributed by atoms with Crippen LogP contribution in [-0.2, 0) is 17.8 Å². The molecule has 3 rings (SSSR count). The second kappa shape index (κ2) is 8.54. The first-order valence-corrected chi connectivity index (χ1v) is 10.2. The number of methoxy groups -OCH3 is 2. The van der Waals surface area contributed by atoms with Crippen LogP contribution in [0.4, 0.5) is 0 Å². The number of thiazole rings is 1. The van der Waals surface area contributed by atoms with Crippen LogP contribution in [0.2, 0.25) is 0 Å². The van der Waals surface area contributed by atoms with Crippen molar-refractivity contribution in [1.29, 1.82) is 0 Å². The first kappa shape index (κ1) is 19.4. The van der Waals surface area contributed by atoms with Crippen molar-refractivity contribution in [1.82, 2.24) is 4.98 Å². The van der Waals surface area contributed by atoms with E-state index >= 15 is 0 Å². The Kier molecular flexibility index (Phi) is 6.13. The third kappa shape index (κ3) is 4.14. The maximum atomic E-state index is 12.3. The molecule has 0 radical (unpaired) electrons. The van der Waals surface area contributed by atoms with E-state index < -0.39 is 0 Å². The molecule has 0 aliphatic rings. The Morgan fingerprint density at radius 3 is 2.70 bits per heavy atom. The molecule has 0 spiro atoms. The summed E-state index contributed by atoms with van der Waals surface area (Å²) in [4.78, 5) is 18.7. The Morgan fingerprint density at radius 1 is 1.22 bits per heavy atom. The number of aryl methyl sites for hydroxylation is 2. The highest BCUT2D eigenvalue weighted by Crippen LogP contribution is 2.39. The number of carbonyl (C=O) groups is 1. The second-order valence-corrected chi connectivity index (χ2v) is 7.83. The average Bonchev–Trinajstić information content (AvgIpc) is 3.31. The Hall–Kier alpha value is -2.38. The van der Waals surface area contributed by atoms with Gasteiger partial charge >= 0.3 is 5.97 Å². The molecule has 0 saturated carbocycles. The summed E-state index contributed by atoms with van der Waals surface area (Å²) in [6.07, 6.45) is 0.918. The molecular weight excluding hydrogens is 382 g/mol. The standard InChI is InChI=1S/C20H21NO4S2/c1-5-16-12(2)9-17(27-16)20(22)25-10-13-11-26-19(21-13)14-7-6-8-15(23-3)18(14)24-4/h6-9,11H,5,10H2,1-4H3. The van der Waals surface area contributed by atoms with Crippen molar-refractivity contribution in [3.8, 4) is 22.1 Å². The molecule has 0 amide bonds. The van der Waals surface area contributed by atoms with Crippen LogP contribution in [-0.4, -0.2) is 25.2 Å². The van der Waals surface area contributed by atoms with E-state index in [1.54, 1.807) is 14.2 Å². The fourth-order valence-corrected chi connectivity index (χ4v) is 4.57. The van der Waals surface area contributed by atoms with Gasteiger partial charge in [-0.1, -0.05) is 13.0 Å². The van der Waals surface area contributed by atoms with Gasteiger partial charge in [0.25, 0.3) is 0 Å². The lowest BCUT2D eigenvalue weighted by atomic mass is 10.2. The minimum atomic E-state index is -0.309. The van der Waals surface area contributed by atoms with Crippen molar-refractivity contribution < 1.29 is 19.0 Å². The van der Waals surface area contributed by atoms with Crippen LogP contribution in [0.3, 0.4) is 0 Å². The van der Waals surface area contributed by atoms with Crippen LogP contribution in [0.15, 0.2) is 29.6 Å². The molecule has 0 bridgehead atoms. The Balaban J connectivity index is 1.72. The van der Waals surface area contributed by atoms with E-state index in [9.17, 15) is 4.79 Å². The van der Waals surface area contributed by atoms with Gasteiger partial charge in [-0.25, -0.2) is 9.78 Å². The molecule has 2 aromatic heterocycles. The first-order chi connectivity index (χ1) is 13.1. The number of nitrogens with zero attached hydrogens (tertiary/aromatic N) is 1. The highest BCUT2D eigenvalue weighted by atomic mass is 32.1. The Labute approximate surface area is 166 Å². The van der Waals surface area contributed by atoms with Crippen molar-refractivity contribution in [2.45, 2.75) is 26.9 Å². The number of para-hydroxylation sites is 1. The van der Waals surface area contributed by atoms with Gasteiger partial charge in [0.05, 0.1) is 25.5 Å². The van der Waals surface area contributed by atoms with E-state index in [-0.39, 0.29) is 12.6 Å². The van der Waals surface area contributed by atoms with Gasteiger partial charge in [-0.2, -0.15) is 0 Å². The lowest BCUT2D eigenvalue weighted by Gasteiger charge is -2.10.